The van der Waals surface area contributed by atoms with Crippen molar-refractivity contribution < 1.29 is 19.4 Å². The minimum absolute atomic E-state index is 0.206. The third-order valence-corrected chi connectivity index (χ3v) is 4.01. The number of hydrogen-bond acceptors (Lipinski definition) is 3. The zero-order valence-corrected chi connectivity index (χ0v) is 13.3. The van der Waals surface area contributed by atoms with Gasteiger partial charge < -0.3 is 15.2 Å². The van der Waals surface area contributed by atoms with E-state index >= 15 is 0 Å². The highest BCUT2D eigenvalue weighted by atomic mass is 16.5. The molecule has 0 bridgehead atoms. The Balaban J connectivity index is 2.15. The molecule has 1 atom stereocenters. The van der Waals surface area contributed by atoms with E-state index in [1.54, 1.807) is 0 Å². The van der Waals surface area contributed by atoms with Crippen LogP contribution < -0.4 is 5.32 Å². The van der Waals surface area contributed by atoms with Crippen LogP contribution in [0.5, 0.6) is 0 Å². The van der Waals surface area contributed by atoms with E-state index in [2.05, 4.69) is 5.32 Å². The lowest BCUT2D eigenvalue weighted by Crippen LogP contribution is -2.42. The zero-order chi connectivity index (χ0) is 15.7. The first kappa shape index (κ1) is 17.8. The Hall–Kier alpha value is -1.26. The monoisotopic (exact) mass is 299 g/mol. The summed E-state index contributed by atoms with van der Waals surface area (Å²) in [5, 5.41) is 11.5. The minimum Gasteiger partial charge on any atom is -0.480 e. The van der Waals surface area contributed by atoms with Gasteiger partial charge in [0.1, 0.15) is 6.04 Å². The van der Waals surface area contributed by atoms with Crippen LogP contribution in [-0.4, -0.2) is 29.8 Å². The molecule has 0 aliphatic heterocycles. The molecule has 2 N–H and O–H groups in total. The molecule has 1 rings (SSSR count). The van der Waals surface area contributed by atoms with Crippen molar-refractivity contribution in [2.24, 2.45) is 11.8 Å². The summed E-state index contributed by atoms with van der Waals surface area (Å²) in [5.41, 5.74) is 0. The number of rotatable bonds is 8. The molecule has 0 spiro atoms. The summed E-state index contributed by atoms with van der Waals surface area (Å²) in [6.45, 7) is 4.22. The highest BCUT2D eigenvalue weighted by molar-refractivity contribution is 5.79. The van der Waals surface area contributed by atoms with Gasteiger partial charge in [-0.2, -0.15) is 0 Å². The molecule has 1 amide bonds. The molecular weight excluding hydrogens is 270 g/mol. The van der Waals surface area contributed by atoms with Crippen LogP contribution in [-0.2, 0) is 9.53 Å². The van der Waals surface area contributed by atoms with Gasteiger partial charge in [-0.15, -0.1) is 0 Å². The topological polar surface area (TPSA) is 75.6 Å². The van der Waals surface area contributed by atoms with Crippen LogP contribution >= 0.6 is 0 Å². The third-order valence-electron chi connectivity index (χ3n) is 4.01. The SMILES string of the molecule is CC(C)CC(NC(=O)OCCCC1CCCCC1)C(=O)O. The van der Waals surface area contributed by atoms with E-state index in [0.717, 1.165) is 18.8 Å². The van der Waals surface area contributed by atoms with Crippen LogP contribution in [0.1, 0.15) is 65.2 Å². The molecule has 122 valence electrons. The number of nitrogens with one attached hydrogen (secondary N) is 1. The molecular formula is C16H29NO4. The zero-order valence-electron chi connectivity index (χ0n) is 13.3. The van der Waals surface area contributed by atoms with Gasteiger partial charge in [0.25, 0.3) is 0 Å². The number of alkyl carbamates (subject to hydrolysis) is 1. The molecule has 21 heavy (non-hydrogen) atoms. The first-order chi connectivity index (χ1) is 9.99. The van der Waals surface area contributed by atoms with Gasteiger partial charge in [-0.05, 0) is 31.1 Å². The lowest BCUT2D eigenvalue weighted by atomic mass is 9.86. The van der Waals surface area contributed by atoms with E-state index in [-0.39, 0.29) is 5.92 Å². The predicted molar refractivity (Wildman–Crippen MR) is 81.2 cm³/mol. The van der Waals surface area contributed by atoms with Crippen molar-refractivity contribution in [3.8, 4) is 0 Å². The number of carbonyl (C=O) groups excluding carboxylic acids is 1. The maximum atomic E-state index is 11.6. The maximum Gasteiger partial charge on any atom is 0.407 e. The Morgan fingerprint density at radius 3 is 2.48 bits per heavy atom. The van der Waals surface area contributed by atoms with Crippen molar-refractivity contribution in [2.75, 3.05) is 6.61 Å². The van der Waals surface area contributed by atoms with Crippen LogP contribution in [0.4, 0.5) is 4.79 Å². The van der Waals surface area contributed by atoms with E-state index < -0.39 is 18.1 Å². The van der Waals surface area contributed by atoms with Gasteiger partial charge in [-0.25, -0.2) is 9.59 Å². The first-order valence-electron chi connectivity index (χ1n) is 8.15. The molecule has 0 saturated heterocycles. The Labute approximate surface area is 127 Å². The number of hydrogen-bond donors (Lipinski definition) is 2. The fourth-order valence-corrected chi connectivity index (χ4v) is 2.89. The van der Waals surface area contributed by atoms with Crippen molar-refractivity contribution in [3.05, 3.63) is 0 Å². The summed E-state index contributed by atoms with van der Waals surface area (Å²) < 4.78 is 5.08. The van der Waals surface area contributed by atoms with E-state index in [9.17, 15) is 9.59 Å². The molecule has 5 heteroatoms. The van der Waals surface area contributed by atoms with Crippen molar-refractivity contribution in [1.82, 2.24) is 5.32 Å². The van der Waals surface area contributed by atoms with E-state index in [0.29, 0.717) is 13.0 Å². The molecule has 0 aromatic rings. The number of carboxylic acids is 1. The highest BCUT2D eigenvalue weighted by Crippen LogP contribution is 2.27. The molecule has 1 saturated carbocycles. The van der Waals surface area contributed by atoms with Crippen molar-refractivity contribution in [3.63, 3.8) is 0 Å². The second-order valence-corrected chi connectivity index (χ2v) is 6.45. The Bertz CT molecular complexity index is 324. The Kier molecular flexibility index (Phi) is 8.16. The average molecular weight is 299 g/mol. The fraction of sp³-hybridized carbons (Fsp3) is 0.875. The smallest absolute Gasteiger partial charge is 0.407 e. The van der Waals surface area contributed by atoms with Gasteiger partial charge in [0.15, 0.2) is 0 Å². The van der Waals surface area contributed by atoms with Crippen LogP contribution in [0, 0.1) is 11.8 Å². The summed E-state index contributed by atoms with van der Waals surface area (Å²) in [4.78, 5) is 22.6. The van der Waals surface area contributed by atoms with Crippen LogP contribution in [0.3, 0.4) is 0 Å². The molecule has 1 unspecified atom stereocenters. The highest BCUT2D eigenvalue weighted by Gasteiger charge is 2.21. The van der Waals surface area contributed by atoms with Crippen LogP contribution in [0.25, 0.3) is 0 Å². The lowest BCUT2D eigenvalue weighted by Gasteiger charge is -2.21. The van der Waals surface area contributed by atoms with Crippen molar-refractivity contribution in [1.29, 1.82) is 0 Å². The molecule has 5 nitrogen and oxygen atoms in total. The molecule has 0 radical (unpaired) electrons. The van der Waals surface area contributed by atoms with Crippen LogP contribution in [0.15, 0.2) is 0 Å². The molecule has 1 fully saturated rings. The molecule has 0 aromatic carbocycles. The van der Waals surface area contributed by atoms with Gasteiger partial charge in [0, 0.05) is 0 Å². The minimum atomic E-state index is -1.01. The number of carboxylic acid groups (broad SMARTS) is 1. The summed E-state index contributed by atoms with van der Waals surface area (Å²) in [6.07, 6.45) is 8.33. The third kappa shape index (κ3) is 7.93. The molecule has 1 aliphatic rings. The summed E-state index contributed by atoms with van der Waals surface area (Å²) in [7, 11) is 0. The van der Waals surface area contributed by atoms with Crippen LogP contribution in [0.2, 0.25) is 0 Å². The average Bonchev–Trinajstić information content (AvgIpc) is 2.43. The summed E-state index contributed by atoms with van der Waals surface area (Å²) in [5.74, 6) is -0.0290. The van der Waals surface area contributed by atoms with Gasteiger partial charge in [-0.3, -0.25) is 0 Å². The quantitative estimate of drug-likeness (QED) is 0.672. The number of amides is 1. The molecule has 0 aromatic heterocycles. The number of aliphatic carboxylic acids is 1. The van der Waals surface area contributed by atoms with E-state index in [1.807, 2.05) is 13.8 Å². The second kappa shape index (κ2) is 9.64. The standard InChI is InChI=1S/C16H29NO4/c1-12(2)11-14(15(18)19)17-16(20)21-10-6-9-13-7-4-3-5-8-13/h12-14H,3-11H2,1-2H3,(H,17,20)(H,18,19). The summed E-state index contributed by atoms with van der Waals surface area (Å²) >= 11 is 0. The first-order valence-corrected chi connectivity index (χ1v) is 8.15. The fourth-order valence-electron chi connectivity index (χ4n) is 2.89. The Morgan fingerprint density at radius 1 is 1.24 bits per heavy atom. The lowest BCUT2D eigenvalue weighted by molar-refractivity contribution is -0.139. The van der Waals surface area contributed by atoms with Gasteiger partial charge in [-0.1, -0.05) is 46.0 Å². The number of ether oxygens (including phenoxy) is 1. The molecule has 0 heterocycles. The number of carbonyl (C=O) groups is 2. The van der Waals surface area contributed by atoms with Crippen molar-refractivity contribution in [2.45, 2.75) is 71.3 Å². The van der Waals surface area contributed by atoms with Gasteiger partial charge >= 0.3 is 12.1 Å². The van der Waals surface area contributed by atoms with Gasteiger partial charge in [0.05, 0.1) is 6.61 Å². The molecule has 1 aliphatic carbocycles. The van der Waals surface area contributed by atoms with E-state index in [1.165, 1.54) is 32.1 Å². The van der Waals surface area contributed by atoms with E-state index in [4.69, 9.17) is 9.84 Å². The largest absolute Gasteiger partial charge is 0.480 e. The Morgan fingerprint density at radius 2 is 1.90 bits per heavy atom. The predicted octanol–water partition coefficient (Wildman–Crippen LogP) is 3.57. The summed E-state index contributed by atoms with van der Waals surface area (Å²) in [6, 6.07) is -0.865. The maximum absolute atomic E-state index is 11.6. The second-order valence-electron chi connectivity index (χ2n) is 6.45. The normalized spacial score (nSPS) is 17.5. The van der Waals surface area contributed by atoms with Gasteiger partial charge in [0.2, 0.25) is 0 Å². The van der Waals surface area contributed by atoms with Crippen molar-refractivity contribution >= 4 is 12.1 Å².